The van der Waals surface area contributed by atoms with Crippen molar-refractivity contribution >= 4 is 34.5 Å². The van der Waals surface area contributed by atoms with Gasteiger partial charge in [-0.05, 0) is 63.4 Å². The number of rotatable bonds is 7. The molecule has 4 heterocycles. The van der Waals surface area contributed by atoms with Crippen LogP contribution in [0.1, 0.15) is 51.8 Å². The predicted molar refractivity (Wildman–Crippen MR) is 183 cm³/mol. The van der Waals surface area contributed by atoms with Crippen LogP contribution in [0.2, 0.25) is 0 Å². The number of pyridine rings is 3. The van der Waals surface area contributed by atoms with Crippen molar-refractivity contribution in [1.82, 2.24) is 19.4 Å². The van der Waals surface area contributed by atoms with Crippen molar-refractivity contribution in [3.63, 3.8) is 0 Å². The minimum absolute atomic E-state index is 0.0544. The first-order chi connectivity index (χ1) is 24.0. The van der Waals surface area contributed by atoms with E-state index in [0.29, 0.717) is 11.3 Å². The molecule has 1 aromatic carbocycles. The van der Waals surface area contributed by atoms with E-state index in [-0.39, 0.29) is 53.6 Å². The molecule has 0 radical (unpaired) electrons. The number of fused-ring (bicyclic) bond motifs is 1. The molecule has 14 nitrogen and oxygen atoms in total. The molecule has 0 aliphatic carbocycles. The zero-order valence-electron chi connectivity index (χ0n) is 29.4. The van der Waals surface area contributed by atoms with Crippen LogP contribution < -0.4 is 15.2 Å². The Morgan fingerprint density at radius 3 is 2.39 bits per heavy atom. The van der Waals surface area contributed by atoms with Crippen LogP contribution in [-0.2, 0) is 14.3 Å². The summed E-state index contributed by atoms with van der Waals surface area (Å²) in [6.07, 6.45) is 0.785. The summed E-state index contributed by atoms with van der Waals surface area (Å²) in [5.74, 6) is -3.21. The fraction of sp³-hybridized carbons (Fsp3) is 0.400. The second-order valence-electron chi connectivity index (χ2n) is 13.3. The molecule has 0 bridgehead atoms. The number of nitro groups is 1. The first-order valence-corrected chi connectivity index (χ1v) is 16.0. The minimum atomic E-state index is -1.39. The van der Waals surface area contributed by atoms with Crippen molar-refractivity contribution in [1.29, 1.82) is 0 Å². The van der Waals surface area contributed by atoms with Crippen LogP contribution in [0.5, 0.6) is 5.75 Å². The van der Waals surface area contributed by atoms with Gasteiger partial charge in [-0.1, -0.05) is 19.9 Å². The molecule has 0 spiro atoms. The Morgan fingerprint density at radius 2 is 1.78 bits per heavy atom. The van der Waals surface area contributed by atoms with E-state index < -0.39 is 62.9 Å². The van der Waals surface area contributed by atoms with Gasteiger partial charge in [-0.3, -0.25) is 24.5 Å². The lowest BCUT2D eigenvalue weighted by molar-refractivity contribution is -0.385. The second kappa shape index (κ2) is 13.9. The highest BCUT2D eigenvalue weighted by atomic mass is 19.1. The highest BCUT2D eigenvalue weighted by molar-refractivity contribution is 5.99. The van der Waals surface area contributed by atoms with Crippen LogP contribution in [0.15, 0.2) is 41.3 Å². The molecule has 3 aromatic heterocycles. The Bertz CT molecular complexity index is 2110. The lowest BCUT2D eigenvalue weighted by Crippen LogP contribution is -2.59. The average molecular weight is 709 g/mol. The number of ether oxygens (including phenoxy) is 3. The van der Waals surface area contributed by atoms with Crippen LogP contribution in [0.4, 0.5) is 25.0 Å². The van der Waals surface area contributed by atoms with E-state index in [1.54, 1.807) is 33.8 Å². The molecule has 1 aliphatic heterocycles. The fourth-order valence-corrected chi connectivity index (χ4v) is 6.16. The Balaban J connectivity index is 1.91. The van der Waals surface area contributed by atoms with Crippen LogP contribution in [0.3, 0.4) is 0 Å². The van der Waals surface area contributed by atoms with Gasteiger partial charge < -0.3 is 24.0 Å². The molecule has 270 valence electrons. The summed E-state index contributed by atoms with van der Waals surface area (Å²) in [7, 11) is 2.37. The number of carbonyl (C=O) groups excluding carboxylic acids is 2. The van der Waals surface area contributed by atoms with Crippen molar-refractivity contribution in [2.24, 2.45) is 0 Å². The minimum Gasteiger partial charge on any atom is -0.496 e. The highest BCUT2D eigenvalue weighted by Crippen LogP contribution is 2.41. The van der Waals surface area contributed by atoms with E-state index in [1.165, 1.54) is 35.2 Å². The molecule has 51 heavy (non-hydrogen) atoms. The standard InChI is InChI=1S/C35H38F2N6O8/c1-18(2)26-28(19(3)12-13-38-26)42-31-20(16-22(37)27(39-31)25-21(36)10-9-11-24(25)49-7)29(30(32(42)44)43(47)48)41-15-14-40(17-23(41)33(45)50-8)34(46)51-35(4,5)6/h9-13,16,18,23H,14-15,17H2,1-8H3/t23-/m1/s1. The molecule has 0 unspecified atom stereocenters. The summed E-state index contributed by atoms with van der Waals surface area (Å²) >= 11 is 0. The van der Waals surface area contributed by atoms with Gasteiger partial charge in [0.1, 0.15) is 34.6 Å². The number of hydrogen-bond donors (Lipinski definition) is 0. The molecule has 1 fully saturated rings. The van der Waals surface area contributed by atoms with Gasteiger partial charge in [-0.2, -0.15) is 0 Å². The third-order valence-corrected chi connectivity index (χ3v) is 8.38. The van der Waals surface area contributed by atoms with Crippen LogP contribution >= 0.6 is 0 Å². The van der Waals surface area contributed by atoms with Gasteiger partial charge in [0.05, 0.1) is 48.0 Å². The van der Waals surface area contributed by atoms with Crippen molar-refractivity contribution in [3.8, 4) is 22.7 Å². The lowest BCUT2D eigenvalue weighted by atomic mass is 10.0. The van der Waals surface area contributed by atoms with Crippen LogP contribution in [0, 0.1) is 28.7 Å². The number of hydrogen-bond acceptors (Lipinski definition) is 11. The molecule has 0 saturated carbocycles. The maximum atomic E-state index is 16.4. The third-order valence-electron chi connectivity index (χ3n) is 8.38. The van der Waals surface area contributed by atoms with Crippen molar-refractivity contribution in [2.45, 2.75) is 59.1 Å². The number of methoxy groups -OCH3 is 2. The number of carbonyl (C=O) groups is 2. The number of aromatic nitrogens is 3. The first kappa shape index (κ1) is 36.6. The molecule has 1 atom stereocenters. The highest BCUT2D eigenvalue weighted by Gasteiger charge is 2.42. The monoisotopic (exact) mass is 708 g/mol. The van der Waals surface area contributed by atoms with E-state index >= 15 is 8.78 Å². The molecular weight excluding hydrogens is 670 g/mol. The smallest absolute Gasteiger partial charge is 0.410 e. The summed E-state index contributed by atoms with van der Waals surface area (Å²) in [5, 5.41) is 12.7. The number of esters is 1. The number of aryl methyl sites for hydroxylation is 1. The number of nitrogens with zero attached hydrogens (tertiary/aromatic N) is 6. The Hall–Kier alpha value is -5.67. The number of amides is 1. The lowest BCUT2D eigenvalue weighted by Gasteiger charge is -2.41. The molecule has 1 aliphatic rings. The summed E-state index contributed by atoms with van der Waals surface area (Å²) in [6, 6.07) is 4.99. The van der Waals surface area contributed by atoms with Gasteiger partial charge in [0.25, 0.3) is 0 Å². The van der Waals surface area contributed by atoms with E-state index in [0.717, 1.165) is 23.8 Å². The van der Waals surface area contributed by atoms with E-state index in [1.807, 2.05) is 13.8 Å². The summed E-state index contributed by atoms with van der Waals surface area (Å²) in [5.41, 5.74) is -3.55. The Labute approximate surface area is 291 Å². The first-order valence-electron chi connectivity index (χ1n) is 16.0. The quantitative estimate of drug-likeness (QED) is 0.132. The number of benzene rings is 1. The van der Waals surface area contributed by atoms with Crippen molar-refractivity contribution in [3.05, 3.63) is 79.9 Å². The van der Waals surface area contributed by atoms with Gasteiger partial charge >= 0.3 is 23.3 Å². The summed E-state index contributed by atoms with van der Waals surface area (Å²) in [4.78, 5) is 64.5. The zero-order chi connectivity index (χ0) is 37.5. The second-order valence-corrected chi connectivity index (χ2v) is 13.3. The summed E-state index contributed by atoms with van der Waals surface area (Å²) in [6.45, 7) is 9.65. The largest absolute Gasteiger partial charge is 0.496 e. The van der Waals surface area contributed by atoms with Gasteiger partial charge in [-0.15, -0.1) is 0 Å². The number of anilines is 1. The molecule has 16 heteroatoms. The normalized spacial score (nSPS) is 14.9. The molecule has 4 aromatic rings. The van der Waals surface area contributed by atoms with Crippen LogP contribution in [-0.4, -0.2) is 81.9 Å². The Kier molecular flexibility index (Phi) is 9.99. The molecule has 1 saturated heterocycles. The van der Waals surface area contributed by atoms with E-state index in [2.05, 4.69) is 9.97 Å². The van der Waals surface area contributed by atoms with Crippen molar-refractivity contribution < 1.29 is 37.5 Å². The van der Waals surface area contributed by atoms with Gasteiger partial charge in [-0.25, -0.2) is 23.4 Å². The SMILES string of the molecule is COC(=O)[C@H]1CN(C(=O)OC(C)(C)C)CCN1c1c([N+](=O)[O-])c(=O)n(-c2c(C)ccnc2C(C)C)c2nc(-c3c(F)cccc3OC)c(F)cc12. The Morgan fingerprint density at radius 1 is 1.08 bits per heavy atom. The zero-order valence-corrected chi connectivity index (χ0v) is 29.4. The predicted octanol–water partition coefficient (Wildman–Crippen LogP) is 5.67. The van der Waals surface area contributed by atoms with E-state index in [9.17, 15) is 24.5 Å². The third kappa shape index (κ3) is 6.77. The number of halogens is 2. The molecule has 1 amide bonds. The fourth-order valence-electron chi connectivity index (χ4n) is 6.16. The average Bonchev–Trinajstić information content (AvgIpc) is 3.06. The summed E-state index contributed by atoms with van der Waals surface area (Å²) < 4.78 is 48.6. The topological polar surface area (TPSA) is 159 Å². The molecule has 0 N–H and O–H groups in total. The molecular formula is C35H38F2N6O8. The van der Waals surface area contributed by atoms with Gasteiger partial charge in [0.2, 0.25) is 0 Å². The van der Waals surface area contributed by atoms with E-state index in [4.69, 9.17) is 14.2 Å². The van der Waals surface area contributed by atoms with Crippen molar-refractivity contribution in [2.75, 3.05) is 38.8 Å². The number of piperazine rings is 1. The van der Waals surface area contributed by atoms with Gasteiger partial charge in [0, 0.05) is 19.3 Å². The van der Waals surface area contributed by atoms with Gasteiger partial charge in [0.15, 0.2) is 11.5 Å². The maximum absolute atomic E-state index is 16.4. The maximum Gasteiger partial charge on any atom is 0.410 e. The molecule has 5 rings (SSSR count). The van der Waals surface area contributed by atoms with Crippen LogP contribution in [0.25, 0.3) is 28.0 Å².